The lowest BCUT2D eigenvalue weighted by atomic mass is 10.1. The standard InChI is InChI=1S/C23H17F4N5O4S/c24-16-1-2-19-14(8-16)9-20(36-19)37(34,35)32-6-4-18(32)21(33)29-10-13-3-5-28-17(7-13)15-11-30-22(31-12-15)23(25,26)27/h1-3,5,7-9,11-12,18H,4,6,10H2,(H,29,33)/t18-/m0/s1. The molecule has 0 unspecified atom stereocenters. The molecule has 4 aromatic rings. The molecule has 5 rings (SSSR count). The fourth-order valence-electron chi connectivity index (χ4n) is 3.80. The van der Waals surface area contributed by atoms with Gasteiger partial charge in [0, 0.05) is 48.7 Å². The van der Waals surface area contributed by atoms with Gasteiger partial charge >= 0.3 is 6.18 Å². The molecule has 1 N–H and O–H groups in total. The van der Waals surface area contributed by atoms with Gasteiger partial charge in [-0.1, -0.05) is 0 Å². The number of alkyl halides is 3. The van der Waals surface area contributed by atoms with Crippen LogP contribution >= 0.6 is 0 Å². The molecule has 1 aliphatic heterocycles. The van der Waals surface area contributed by atoms with Crippen LogP contribution in [0.1, 0.15) is 17.8 Å². The van der Waals surface area contributed by atoms with Gasteiger partial charge in [0.15, 0.2) is 0 Å². The first-order valence-corrected chi connectivity index (χ1v) is 12.3. The molecule has 1 aromatic carbocycles. The number of benzene rings is 1. The van der Waals surface area contributed by atoms with Crippen molar-refractivity contribution in [1.82, 2.24) is 24.6 Å². The van der Waals surface area contributed by atoms with Gasteiger partial charge in [-0.3, -0.25) is 9.78 Å². The quantitative estimate of drug-likeness (QED) is 0.376. The second-order valence-corrected chi connectivity index (χ2v) is 10.0. The minimum absolute atomic E-state index is 0.0180. The van der Waals surface area contributed by atoms with Crippen molar-refractivity contribution in [2.45, 2.75) is 30.3 Å². The number of hydrogen-bond acceptors (Lipinski definition) is 7. The fraction of sp³-hybridized carbons (Fsp3) is 0.217. The van der Waals surface area contributed by atoms with Crippen molar-refractivity contribution >= 4 is 26.9 Å². The average Bonchev–Trinajstić information content (AvgIpc) is 3.26. The summed E-state index contributed by atoms with van der Waals surface area (Å²) in [7, 11) is -4.13. The van der Waals surface area contributed by atoms with E-state index in [0.717, 1.165) is 28.8 Å². The van der Waals surface area contributed by atoms with E-state index in [9.17, 15) is 30.8 Å². The Bertz CT molecular complexity index is 1590. The zero-order chi connectivity index (χ0) is 26.4. The Kier molecular flexibility index (Phi) is 6.15. The zero-order valence-electron chi connectivity index (χ0n) is 18.7. The Balaban J connectivity index is 1.25. The van der Waals surface area contributed by atoms with Crippen LogP contribution in [0.5, 0.6) is 0 Å². The topological polar surface area (TPSA) is 118 Å². The van der Waals surface area contributed by atoms with E-state index >= 15 is 0 Å². The number of nitrogens with one attached hydrogen (secondary N) is 1. The molecule has 0 bridgehead atoms. The maximum atomic E-state index is 13.4. The molecule has 3 aromatic heterocycles. The van der Waals surface area contributed by atoms with Gasteiger partial charge in [0.25, 0.3) is 10.0 Å². The van der Waals surface area contributed by atoms with E-state index in [4.69, 9.17) is 4.42 Å². The van der Waals surface area contributed by atoms with Gasteiger partial charge in [0.2, 0.25) is 16.8 Å². The monoisotopic (exact) mass is 535 g/mol. The maximum absolute atomic E-state index is 13.4. The lowest BCUT2D eigenvalue weighted by Gasteiger charge is -2.37. The van der Waals surface area contributed by atoms with Gasteiger partial charge in [-0.2, -0.15) is 17.5 Å². The second kappa shape index (κ2) is 9.19. The van der Waals surface area contributed by atoms with Gasteiger partial charge in [0.1, 0.15) is 17.4 Å². The third kappa shape index (κ3) is 4.89. The highest BCUT2D eigenvalue weighted by Crippen LogP contribution is 2.31. The van der Waals surface area contributed by atoms with Crippen LogP contribution in [0.15, 0.2) is 64.5 Å². The first-order chi connectivity index (χ1) is 17.5. The van der Waals surface area contributed by atoms with E-state index in [1.165, 1.54) is 18.3 Å². The molecule has 192 valence electrons. The number of pyridine rings is 1. The van der Waals surface area contributed by atoms with Crippen LogP contribution in [0.4, 0.5) is 17.6 Å². The van der Waals surface area contributed by atoms with Crippen LogP contribution in [0.3, 0.4) is 0 Å². The number of nitrogens with zero attached hydrogens (tertiary/aromatic N) is 4. The first-order valence-electron chi connectivity index (χ1n) is 10.9. The van der Waals surface area contributed by atoms with Crippen molar-refractivity contribution in [3.8, 4) is 11.3 Å². The van der Waals surface area contributed by atoms with Crippen LogP contribution in [0.2, 0.25) is 0 Å². The predicted molar refractivity (Wildman–Crippen MR) is 121 cm³/mol. The molecular weight excluding hydrogens is 518 g/mol. The summed E-state index contributed by atoms with van der Waals surface area (Å²) in [4.78, 5) is 23.5. The number of aromatic nitrogens is 3. The van der Waals surface area contributed by atoms with Gasteiger partial charge in [-0.05, 0) is 42.3 Å². The van der Waals surface area contributed by atoms with E-state index in [2.05, 4.69) is 20.3 Å². The summed E-state index contributed by atoms with van der Waals surface area (Å²) in [6.07, 6.45) is -0.944. The SMILES string of the molecule is O=C(NCc1ccnc(-c2cnc(C(F)(F)F)nc2)c1)[C@@H]1CCN1S(=O)(=O)c1cc2cc(F)ccc2o1. The van der Waals surface area contributed by atoms with Gasteiger partial charge in [0.05, 0.1) is 5.69 Å². The molecule has 0 radical (unpaired) electrons. The van der Waals surface area contributed by atoms with Crippen LogP contribution in [0, 0.1) is 5.82 Å². The first kappa shape index (κ1) is 24.8. The highest BCUT2D eigenvalue weighted by atomic mass is 32.2. The minimum Gasteiger partial charge on any atom is -0.443 e. The largest absolute Gasteiger partial charge is 0.451 e. The lowest BCUT2D eigenvalue weighted by molar-refractivity contribution is -0.145. The van der Waals surface area contributed by atoms with E-state index < -0.39 is 39.8 Å². The second-order valence-electron chi connectivity index (χ2n) is 8.23. The van der Waals surface area contributed by atoms with Gasteiger partial charge in [-0.25, -0.2) is 22.8 Å². The third-order valence-electron chi connectivity index (χ3n) is 5.78. The highest BCUT2D eigenvalue weighted by Gasteiger charge is 2.44. The van der Waals surface area contributed by atoms with Crippen molar-refractivity contribution in [3.05, 3.63) is 72.2 Å². The Morgan fingerprint density at radius 2 is 1.86 bits per heavy atom. The minimum atomic E-state index is -4.66. The zero-order valence-corrected chi connectivity index (χ0v) is 19.6. The van der Waals surface area contributed by atoms with E-state index in [-0.39, 0.29) is 34.7 Å². The third-order valence-corrected chi connectivity index (χ3v) is 7.55. The highest BCUT2D eigenvalue weighted by molar-refractivity contribution is 7.89. The van der Waals surface area contributed by atoms with Crippen LogP contribution in [-0.2, 0) is 27.5 Å². The van der Waals surface area contributed by atoms with Crippen molar-refractivity contribution < 1.29 is 35.2 Å². The molecule has 1 saturated heterocycles. The summed E-state index contributed by atoms with van der Waals surface area (Å²) in [6, 6.07) is 7.02. The Morgan fingerprint density at radius 3 is 2.54 bits per heavy atom. The predicted octanol–water partition coefficient (Wildman–Crippen LogP) is 3.52. The van der Waals surface area contributed by atoms with E-state index in [1.54, 1.807) is 12.1 Å². The normalized spacial score (nSPS) is 16.5. The average molecular weight is 535 g/mol. The number of furan rings is 1. The van der Waals surface area contributed by atoms with Gasteiger partial charge < -0.3 is 9.73 Å². The van der Waals surface area contributed by atoms with Crippen molar-refractivity contribution in [3.63, 3.8) is 0 Å². The van der Waals surface area contributed by atoms with Crippen LogP contribution in [-0.4, -0.2) is 46.2 Å². The molecule has 14 heteroatoms. The molecule has 0 aliphatic carbocycles. The van der Waals surface area contributed by atoms with E-state index in [1.807, 2.05) is 0 Å². The van der Waals surface area contributed by atoms with Crippen molar-refractivity contribution in [1.29, 1.82) is 0 Å². The summed E-state index contributed by atoms with van der Waals surface area (Å²) in [6.45, 7) is 0.128. The summed E-state index contributed by atoms with van der Waals surface area (Å²) in [5, 5.41) is 2.56. The van der Waals surface area contributed by atoms with Crippen LogP contribution < -0.4 is 5.32 Å². The van der Waals surface area contributed by atoms with E-state index in [0.29, 0.717) is 17.7 Å². The molecule has 37 heavy (non-hydrogen) atoms. The van der Waals surface area contributed by atoms with Crippen LogP contribution in [0.25, 0.3) is 22.2 Å². The van der Waals surface area contributed by atoms with Crippen molar-refractivity contribution in [2.24, 2.45) is 0 Å². The fourth-order valence-corrected chi connectivity index (χ4v) is 5.39. The maximum Gasteiger partial charge on any atom is 0.451 e. The number of fused-ring (bicyclic) bond motifs is 1. The lowest BCUT2D eigenvalue weighted by Crippen LogP contribution is -2.57. The molecule has 9 nitrogen and oxygen atoms in total. The number of sulfonamides is 1. The molecule has 1 amide bonds. The number of hydrogen-bond donors (Lipinski definition) is 1. The van der Waals surface area contributed by atoms with Crippen molar-refractivity contribution in [2.75, 3.05) is 6.54 Å². The Morgan fingerprint density at radius 1 is 1.11 bits per heavy atom. The number of carbonyl (C=O) groups is 1. The summed E-state index contributed by atoms with van der Waals surface area (Å²) >= 11 is 0. The summed E-state index contributed by atoms with van der Waals surface area (Å²) in [5.41, 5.74) is 1.33. The molecule has 1 aliphatic rings. The number of amides is 1. The Labute approximate surface area is 207 Å². The molecule has 1 fully saturated rings. The smallest absolute Gasteiger partial charge is 0.443 e. The molecule has 1 atom stereocenters. The molecule has 0 saturated carbocycles. The summed E-state index contributed by atoms with van der Waals surface area (Å²) < 4.78 is 83.9. The molecular formula is C23H17F4N5O4S. The Hall–Kier alpha value is -3.91. The number of rotatable bonds is 6. The number of carbonyl (C=O) groups excluding carboxylic acids is 1. The molecule has 4 heterocycles. The van der Waals surface area contributed by atoms with Gasteiger partial charge in [-0.15, -0.1) is 0 Å². The summed E-state index contributed by atoms with van der Waals surface area (Å²) in [5.74, 6) is -2.34. The molecule has 0 spiro atoms. The number of halogens is 4.